The summed E-state index contributed by atoms with van der Waals surface area (Å²) in [5.41, 5.74) is 0. The van der Waals surface area contributed by atoms with E-state index < -0.39 is 12.1 Å². The lowest BCUT2D eigenvalue weighted by atomic mass is 9.98. The molecule has 1 saturated carbocycles. The van der Waals surface area contributed by atoms with Crippen LogP contribution in [0.15, 0.2) is 0 Å². The van der Waals surface area contributed by atoms with Gasteiger partial charge in [-0.3, -0.25) is 14.9 Å². The summed E-state index contributed by atoms with van der Waals surface area (Å²) in [7, 11) is 0. The van der Waals surface area contributed by atoms with Gasteiger partial charge in [-0.1, -0.05) is 0 Å². The van der Waals surface area contributed by atoms with E-state index in [1.807, 2.05) is 0 Å². The lowest BCUT2D eigenvalue weighted by molar-refractivity contribution is -0.122. The fraction of sp³-hybridized carbons (Fsp3) is 0.700. The molecule has 5 nitrogen and oxygen atoms in total. The molecule has 2 aliphatic rings. The Labute approximate surface area is 87.6 Å². The summed E-state index contributed by atoms with van der Waals surface area (Å²) in [5, 5.41) is 4.71. The number of carbonyl (C=O) groups is 3. The first kappa shape index (κ1) is 10.1. The quantitative estimate of drug-likeness (QED) is 0.660. The zero-order valence-electron chi connectivity index (χ0n) is 8.41. The van der Waals surface area contributed by atoms with Crippen LogP contribution in [0.1, 0.15) is 32.1 Å². The van der Waals surface area contributed by atoms with E-state index in [1.54, 1.807) is 0 Å². The van der Waals surface area contributed by atoms with Crippen molar-refractivity contribution in [2.24, 2.45) is 5.92 Å². The summed E-state index contributed by atoms with van der Waals surface area (Å²) in [4.78, 5) is 33.3. The summed E-state index contributed by atoms with van der Waals surface area (Å²) in [6.45, 7) is 0. The van der Waals surface area contributed by atoms with Crippen molar-refractivity contribution >= 4 is 17.7 Å². The number of imide groups is 1. The minimum Gasteiger partial charge on any atom is -0.326 e. The Bertz CT molecular complexity index is 314. The maximum absolute atomic E-state index is 11.3. The number of urea groups is 1. The third kappa shape index (κ3) is 2.16. The van der Waals surface area contributed by atoms with Crippen LogP contribution in [0, 0.1) is 5.92 Å². The van der Waals surface area contributed by atoms with Crippen molar-refractivity contribution in [3.63, 3.8) is 0 Å². The second-order valence-corrected chi connectivity index (χ2v) is 4.15. The van der Waals surface area contributed by atoms with Gasteiger partial charge in [-0.25, -0.2) is 4.79 Å². The zero-order valence-corrected chi connectivity index (χ0v) is 8.41. The van der Waals surface area contributed by atoms with Gasteiger partial charge >= 0.3 is 6.03 Å². The molecule has 1 heterocycles. The molecule has 2 atom stereocenters. The summed E-state index contributed by atoms with van der Waals surface area (Å²) in [5.74, 6) is 0.139. The average Bonchev–Trinajstić information content (AvgIpc) is 2.70. The number of nitrogens with one attached hydrogen (secondary N) is 2. The largest absolute Gasteiger partial charge is 0.326 e. The summed E-state index contributed by atoms with van der Waals surface area (Å²) in [6, 6.07) is -0.867. The number of hydrogen-bond acceptors (Lipinski definition) is 3. The highest BCUT2D eigenvalue weighted by atomic mass is 16.2. The molecule has 0 spiro atoms. The number of Topliss-reactive ketones (excluding diaryl/α,β-unsaturated/α-hetero) is 1. The monoisotopic (exact) mass is 210 g/mol. The van der Waals surface area contributed by atoms with Crippen molar-refractivity contribution in [1.82, 2.24) is 10.6 Å². The molecule has 0 radical (unpaired) electrons. The smallest absolute Gasteiger partial charge is 0.322 e. The van der Waals surface area contributed by atoms with E-state index in [-0.39, 0.29) is 11.8 Å². The van der Waals surface area contributed by atoms with Gasteiger partial charge in [0.25, 0.3) is 5.91 Å². The molecule has 82 valence electrons. The highest BCUT2D eigenvalue weighted by Gasteiger charge is 2.31. The minimum absolute atomic E-state index is 0.107. The van der Waals surface area contributed by atoms with Gasteiger partial charge in [-0.15, -0.1) is 0 Å². The van der Waals surface area contributed by atoms with E-state index in [0.717, 1.165) is 12.8 Å². The van der Waals surface area contributed by atoms with Crippen LogP contribution in [0.4, 0.5) is 4.79 Å². The standard InChI is InChI=1S/C10H14N2O3/c13-8-3-1-2-6(8)4-5-7-9(14)12-10(15)11-7/h6-7H,1-5H2,(H2,11,12,14,15). The molecule has 0 aromatic rings. The van der Waals surface area contributed by atoms with Gasteiger partial charge in [0.05, 0.1) is 0 Å². The van der Waals surface area contributed by atoms with Gasteiger partial charge in [-0.05, 0) is 25.7 Å². The topological polar surface area (TPSA) is 75.3 Å². The summed E-state index contributed by atoms with van der Waals surface area (Å²) < 4.78 is 0. The minimum atomic E-state index is -0.439. The summed E-state index contributed by atoms with van der Waals surface area (Å²) >= 11 is 0. The maximum Gasteiger partial charge on any atom is 0.322 e. The molecule has 5 heteroatoms. The molecule has 2 N–H and O–H groups in total. The second kappa shape index (κ2) is 4.00. The second-order valence-electron chi connectivity index (χ2n) is 4.15. The lowest BCUT2D eigenvalue weighted by Gasteiger charge is -2.10. The average molecular weight is 210 g/mol. The van der Waals surface area contributed by atoms with Crippen LogP contribution in [0.2, 0.25) is 0 Å². The SMILES string of the molecule is O=C1NC(=O)C(CCC2CCCC2=O)N1. The first-order valence-corrected chi connectivity index (χ1v) is 5.31. The van der Waals surface area contributed by atoms with Gasteiger partial charge in [-0.2, -0.15) is 0 Å². The molecule has 0 aromatic carbocycles. The van der Waals surface area contributed by atoms with Crippen molar-refractivity contribution in [1.29, 1.82) is 0 Å². The fourth-order valence-corrected chi connectivity index (χ4v) is 2.22. The first-order valence-electron chi connectivity index (χ1n) is 5.31. The molecule has 2 fully saturated rings. The molecule has 2 rings (SSSR count). The van der Waals surface area contributed by atoms with E-state index >= 15 is 0 Å². The molecular formula is C10H14N2O3. The van der Waals surface area contributed by atoms with E-state index in [9.17, 15) is 14.4 Å². The van der Waals surface area contributed by atoms with Gasteiger partial charge in [0.15, 0.2) is 0 Å². The van der Waals surface area contributed by atoms with Crippen molar-refractivity contribution in [2.75, 3.05) is 0 Å². The molecule has 0 bridgehead atoms. The van der Waals surface area contributed by atoms with Crippen LogP contribution in [0.25, 0.3) is 0 Å². The molecule has 15 heavy (non-hydrogen) atoms. The number of amides is 3. The maximum atomic E-state index is 11.3. The normalized spacial score (nSPS) is 30.5. The summed E-state index contributed by atoms with van der Waals surface area (Å²) in [6.07, 6.45) is 3.84. The molecule has 1 aliphatic heterocycles. The molecule has 1 saturated heterocycles. The predicted molar refractivity (Wildman–Crippen MR) is 52.0 cm³/mol. The molecule has 1 aliphatic carbocycles. The van der Waals surface area contributed by atoms with Crippen molar-refractivity contribution in [2.45, 2.75) is 38.1 Å². The fourth-order valence-electron chi connectivity index (χ4n) is 2.22. The van der Waals surface area contributed by atoms with Crippen LogP contribution in [-0.2, 0) is 9.59 Å². The Balaban J connectivity index is 1.80. The van der Waals surface area contributed by atoms with Gasteiger partial charge in [0.2, 0.25) is 0 Å². The van der Waals surface area contributed by atoms with E-state index in [0.29, 0.717) is 25.0 Å². The van der Waals surface area contributed by atoms with Gasteiger partial charge in [0, 0.05) is 12.3 Å². The lowest BCUT2D eigenvalue weighted by Crippen LogP contribution is -2.29. The van der Waals surface area contributed by atoms with Crippen molar-refractivity contribution < 1.29 is 14.4 Å². The predicted octanol–water partition coefficient (Wildman–Crippen LogP) is 0.344. The molecule has 2 unspecified atom stereocenters. The zero-order chi connectivity index (χ0) is 10.8. The Morgan fingerprint density at radius 3 is 2.53 bits per heavy atom. The number of rotatable bonds is 3. The molecule has 0 aromatic heterocycles. The Hall–Kier alpha value is -1.39. The third-order valence-electron chi connectivity index (χ3n) is 3.09. The van der Waals surface area contributed by atoms with E-state index in [1.165, 1.54) is 0 Å². The Morgan fingerprint density at radius 1 is 1.20 bits per heavy atom. The van der Waals surface area contributed by atoms with Gasteiger partial charge in [0.1, 0.15) is 11.8 Å². The van der Waals surface area contributed by atoms with Crippen LogP contribution in [0.3, 0.4) is 0 Å². The van der Waals surface area contributed by atoms with Crippen LogP contribution in [0.5, 0.6) is 0 Å². The Morgan fingerprint density at radius 2 is 2.00 bits per heavy atom. The third-order valence-corrected chi connectivity index (χ3v) is 3.09. The molecule has 3 amide bonds. The molecular weight excluding hydrogens is 196 g/mol. The highest BCUT2D eigenvalue weighted by Crippen LogP contribution is 2.26. The van der Waals surface area contributed by atoms with Crippen LogP contribution >= 0.6 is 0 Å². The van der Waals surface area contributed by atoms with Crippen LogP contribution < -0.4 is 10.6 Å². The first-order chi connectivity index (χ1) is 7.16. The van der Waals surface area contributed by atoms with Crippen molar-refractivity contribution in [3.8, 4) is 0 Å². The number of hydrogen-bond donors (Lipinski definition) is 2. The highest BCUT2D eigenvalue weighted by molar-refractivity contribution is 6.04. The van der Waals surface area contributed by atoms with Crippen LogP contribution in [-0.4, -0.2) is 23.8 Å². The van der Waals surface area contributed by atoms with Gasteiger partial charge < -0.3 is 5.32 Å². The number of ketones is 1. The Kier molecular flexibility index (Phi) is 2.70. The van der Waals surface area contributed by atoms with Crippen molar-refractivity contribution in [3.05, 3.63) is 0 Å². The van der Waals surface area contributed by atoms with E-state index in [4.69, 9.17) is 0 Å². The number of carbonyl (C=O) groups excluding carboxylic acids is 3. The van der Waals surface area contributed by atoms with E-state index in [2.05, 4.69) is 10.6 Å².